The van der Waals surface area contributed by atoms with Gasteiger partial charge in [0.25, 0.3) is 5.69 Å². The van der Waals surface area contributed by atoms with Gasteiger partial charge in [-0.05, 0) is 24.3 Å². The maximum Gasteiger partial charge on any atom is 0.271 e. The van der Waals surface area contributed by atoms with E-state index < -0.39 is 4.92 Å². The average Bonchev–Trinajstić information content (AvgIpc) is 2.69. The number of hydrogen-bond acceptors (Lipinski definition) is 6. The molecule has 138 valence electrons. The lowest BCUT2D eigenvalue weighted by molar-refractivity contribution is -0.384. The zero-order valence-corrected chi connectivity index (χ0v) is 15.9. The summed E-state index contributed by atoms with van der Waals surface area (Å²) >= 11 is 19.2. The van der Waals surface area contributed by atoms with Gasteiger partial charge in [0.05, 0.1) is 26.7 Å². The predicted molar refractivity (Wildman–Crippen MR) is 109 cm³/mol. The molecule has 0 aliphatic carbocycles. The van der Waals surface area contributed by atoms with E-state index in [2.05, 4.69) is 15.3 Å². The monoisotopic (exact) mass is 432 g/mol. The molecule has 1 aliphatic rings. The van der Waals surface area contributed by atoms with Crippen molar-refractivity contribution in [2.45, 2.75) is 0 Å². The number of nitro groups is 1. The van der Waals surface area contributed by atoms with E-state index in [-0.39, 0.29) is 21.5 Å². The molecule has 1 N–H and O–H groups in total. The fraction of sp³-hybridized carbons (Fsp3) is 0. The zero-order chi connectivity index (χ0) is 19.6. The van der Waals surface area contributed by atoms with Gasteiger partial charge in [0.2, 0.25) is 0 Å². The van der Waals surface area contributed by atoms with Crippen LogP contribution < -0.4 is 10.1 Å². The lowest BCUT2D eigenvalue weighted by Crippen LogP contribution is -2.06. The molecule has 0 atom stereocenters. The molecule has 28 heavy (non-hydrogen) atoms. The molecule has 1 aromatic heterocycles. The van der Waals surface area contributed by atoms with Crippen molar-refractivity contribution in [3.05, 3.63) is 61.6 Å². The summed E-state index contributed by atoms with van der Waals surface area (Å²) in [7, 11) is 0. The van der Waals surface area contributed by atoms with E-state index in [0.29, 0.717) is 44.2 Å². The normalized spacial score (nSPS) is 12.2. The van der Waals surface area contributed by atoms with E-state index in [1.807, 2.05) is 0 Å². The molecular weight excluding hydrogens is 427 g/mol. The van der Waals surface area contributed by atoms with Gasteiger partial charge >= 0.3 is 0 Å². The molecule has 0 fully saturated rings. The molecular formula is C18H7Cl3N4O3. The number of ether oxygens (including phenoxy) is 1. The second-order valence-electron chi connectivity index (χ2n) is 6.05. The van der Waals surface area contributed by atoms with Gasteiger partial charge in [0.15, 0.2) is 11.5 Å². The van der Waals surface area contributed by atoms with Crippen LogP contribution in [0.15, 0.2) is 36.4 Å². The standard InChI is InChI=1S/C18H7Cl3N4O3/c19-7-1-3-9-10(5-7)23-15-13(20)17-18(14(21)16(15)22-9)28-12-4-2-8(25(26)27)6-11(12)24-17/h1-6,24H. The molecule has 0 amide bonds. The average molecular weight is 434 g/mol. The van der Waals surface area contributed by atoms with Crippen LogP contribution in [0.3, 0.4) is 0 Å². The zero-order valence-electron chi connectivity index (χ0n) is 13.7. The largest absolute Gasteiger partial charge is 0.451 e. The van der Waals surface area contributed by atoms with E-state index in [4.69, 9.17) is 39.5 Å². The summed E-state index contributed by atoms with van der Waals surface area (Å²) in [5.41, 5.74) is 2.60. The van der Waals surface area contributed by atoms with Crippen molar-refractivity contribution in [3.8, 4) is 11.5 Å². The number of nitrogens with zero attached hydrogens (tertiary/aromatic N) is 3. The second-order valence-corrected chi connectivity index (χ2v) is 7.24. The third-order valence-corrected chi connectivity index (χ3v) is 5.29. The number of rotatable bonds is 1. The molecule has 1 aliphatic heterocycles. The van der Waals surface area contributed by atoms with Crippen molar-refractivity contribution in [3.63, 3.8) is 0 Å². The highest BCUT2D eigenvalue weighted by Crippen LogP contribution is 2.52. The summed E-state index contributed by atoms with van der Waals surface area (Å²) < 4.78 is 5.87. The van der Waals surface area contributed by atoms with Crippen molar-refractivity contribution < 1.29 is 9.66 Å². The number of hydrogen-bond donors (Lipinski definition) is 1. The second kappa shape index (κ2) is 6.07. The Balaban J connectivity index is 1.76. The van der Waals surface area contributed by atoms with Crippen LogP contribution in [-0.2, 0) is 0 Å². The smallest absolute Gasteiger partial charge is 0.271 e. The highest BCUT2D eigenvalue weighted by molar-refractivity contribution is 6.43. The van der Waals surface area contributed by atoms with Crippen LogP contribution in [0, 0.1) is 10.1 Å². The highest BCUT2D eigenvalue weighted by Gasteiger charge is 2.28. The van der Waals surface area contributed by atoms with Crippen molar-refractivity contribution >= 4 is 73.9 Å². The summed E-state index contributed by atoms with van der Waals surface area (Å²) in [6.45, 7) is 0. The number of anilines is 2. The van der Waals surface area contributed by atoms with E-state index in [0.717, 1.165) is 0 Å². The molecule has 0 saturated carbocycles. The van der Waals surface area contributed by atoms with Crippen molar-refractivity contribution in [1.82, 2.24) is 9.97 Å². The van der Waals surface area contributed by atoms with Gasteiger partial charge in [-0.25, -0.2) is 9.97 Å². The minimum atomic E-state index is -0.492. The topological polar surface area (TPSA) is 90.2 Å². The van der Waals surface area contributed by atoms with Crippen molar-refractivity contribution in [2.24, 2.45) is 0 Å². The van der Waals surface area contributed by atoms with Crippen LogP contribution in [0.1, 0.15) is 0 Å². The van der Waals surface area contributed by atoms with Gasteiger partial charge < -0.3 is 10.1 Å². The van der Waals surface area contributed by atoms with E-state index >= 15 is 0 Å². The molecule has 0 radical (unpaired) electrons. The Morgan fingerprint density at radius 3 is 2.50 bits per heavy atom. The maximum absolute atomic E-state index is 11.0. The van der Waals surface area contributed by atoms with Crippen LogP contribution in [0.2, 0.25) is 15.1 Å². The summed E-state index contributed by atoms with van der Waals surface area (Å²) in [6, 6.07) is 9.32. The van der Waals surface area contributed by atoms with Crippen molar-refractivity contribution in [1.29, 1.82) is 0 Å². The molecule has 0 spiro atoms. The molecule has 7 nitrogen and oxygen atoms in total. The molecule has 4 aromatic rings. The summed E-state index contributed by atoms with van der Waals surface area (Å²) in [6.07, 6.45) is 0. The first kappa shape index (κ1) is 17.2. The molecule has 2 heterocycles. The van der Waals surface area contributed by atoms with Crippen molar-refractivity contribution in [2.75, 3.05) is 5.32 Å². The van der Waals surface area contributed by atoms with Gasteiger partial charge in [-0.1, -0.05) is 34.8 Å². The maximum atomic E-state index is 11.0. The Bertz CT molecular complexity index is 1340. The van der Waals surface area contributed by atoms with Crippen LogP contribution in [0.25, 0.3) is 22.1 Å². The van der Waals surface area contributed by atoms with Gasteiger partial charge in [-0.15, -0.1) is 0 Å². The molecule has 0 unspecified atom stereocenters. The number of halogens is 3. The molecule has 0 saturated heterocycles. The summed E-state index contributed by atoms with van der Waals surface area (Å²) in [4.78, 5) is 19.6. The number of aromatic nitrogens is 2. The van der Waals surface area contributed by atoms with Crippen LogP contribution >= 0.6 is 34.8 Å². The van der Waals surface area contributed by atoms with Gasteiger partial charge in [0.1, 0.15) is 21.7 Å². The van der Waals surface area contributed by atoms with Gasteiger partial charge in [0, 0.05) is 17.2 Å². The molecule has 0 bridgehead atoms. The number of nitro benzene ring substituents is 1. The van der Waals surface area contributed by atoms with E-state index in [1.165, 1.54) is 18.2 Å². The first-order chi connectivity index (χ1) is 13.4. The van der Waals surface area contributed by atoms with E-state index in [1.54, 1.807) is 18.2 Å². The lowest BCUT2D eigenvalue weighted by Gasteiger charge is -2.24. The third-order valence-electron chi connectivity index (χ3n) is 4.33. The molecule has 10 heteroatoms. The number of nitrogens with one attached hydrogen (secondary N) is 1. The Hall–Kier alpha value is -2.87. The molecule has 3 aromatic carbocycles. The van der Waals surface area contributed by atoms with Gasteiger partial charge in [-0.3, -0.25) is 10.1 Å². The Morgan fingerprint density at radius 2 is 1.71 bits per heavy atom. The van der Waals surface area contributed by atoms with Gasteiger partial charge in [-0.2, -0.15) is 0 Å². The number of fused-ring (bicyclic) bond motifs is 4. The number of benzene rings is 3. The SMILES string of the molecule is O=[N+]([O-])c1ccc2c(c1)Nc1c(c(Cl)c3nc4ccc(Cl)cc4nc3c1Cl)O2. The van der Waals surface area contributed by atoms with Crippen LogP contribution in [-0.4, -0.2) is 14.9 Å². The molecule has 5 rings (SSSR count). The summed E-state index contributed by atoms with van der Waals surface area (Å²) in [5, 5.41) is 15.1. The van der Waals surface area contributed by atoms with Crippen LogP contribution in [0.4, 0.5) is 17.1 Å². The van der Waals surface area contributed by atoms with E-state index in [9.17, 15) is 10.1 Å². The summed E-state index contributed by atoms with van der Waals surface area (Å²) in [5.74, 6) is 0.666. The Labute approximate surface area is 172 Å². The predicted octanol–water partition coefficient (Wildman–Crippen LogP) is 6.50. The number of non-ortho nitro benzene ring substituents is 1. The first-order valence-electron chi connectivity index (χ1n) is 7.93. The fourth-order valence-electron chi connectivity index (χ4n) is 3.04. The minimum Gasteiger partial charge on any atom is -0.451 e. The highest BCUT2D eigenvalue weighted by atomic mass is 35.5. The fourth-order valence-corrected chi connectivity index (χ4v) is 3.74. The van der Waals surface area contributed by atoms with Crippen LogP contribution in [0.5, 0.6) is 11.5 Å². The first-order valence-corrected chi connectivity index (χ1v) is 9.07. The quantitative estimate of drug-likeness (QED) is 0.184. The third kappa shape index (κ3) is 2.51. The minimum absolute atomic E-state index is 0.0817. The Kier molecular flexibility index (Phi) is 3.74. The Morgan fingerprint density at radius 1 is 0.964 bits per heavy atom. The lowest BCUT2D eigenvalue weighted by atomic mass is 10.1.